The molecule has 32 valence electrons. The summed E-state index contributed by atoms with van der Waals surface area (Å²) >= 11 is 0. The zero-order valence-corrected chi connectivity index (χ0v) is 1.67. The molecule has 0 aliphatic carbocycles. The monoisotopic (exact) mass is 274 g/mol. The van der Waals surface area contributed by atoms with E-state index in [1.54, 1.807) is 0 Å². The molecule has 0 heterocycles. The van der Waals surface area contributed by atoms with E-state index in [0.717, 1.165) is 0 Å². The maximum absolute atomic E-state index is 8.25. The average molecular weight is 273 g/mol. The van der Waals surface area contributed by atoms with E-state index >= 15 is 0 Å². The summed E-state index contributed by atoms with van der Waals surface area (Å²) in [4.78, 5) is 8.25. The van der Waals surface area contributed by atoms with E-state index < -0.39 is 5.09 Å². The van der Waals surface area contributed by atoms with Crippen LogP contribution in [0.15, 0.2) is 0 Å². The van der Waals surface area contributed by atoms with Gasteiger partial charge in [-0.3, -0.25) is 0 Å². The molecule has 0 aliphatic heterocycles. The van der Waals surface area contributed by atoms with Crippen molar-refractivity contribution in [2.45, 2.75) is 0 Å². The summed E-state index contributed by atoms with van der Waals surface area (Å²) in [6.45, 7) is 0. The third-order valence-corrected chi connectivity index (χ3v) is 0. The quantitative estimate of drug-likeness (QED) is 0.300. The Balaban J connectivity index is 0. The van der Waals surface area contributed by atoms with Crippen LogP contribution in [-0.4, -0.2) is 32.4 Å². The Hall–Kier alpha value is 0.122. The first-order chi connectivity index (χ1) is 1.73. The number of rotatable bonds is 0. The van der Waals surface area contributed by atoms with Crippen molar-refractivity contribution in [3.05, 3.63) is 15.3 Å². The minimum absolute atomic E-state index is 0. The number of nitrogens with zero attached hydrogens (tertiary/aromatic N) is 1. The van der Waals surface area contributed by atoms with Gasteiger partial charge in [0, 0.05) is 0 Å². The first-order valence-corrected chi connectivity index (χ1v) is 0.548. The maximum atomic E-state index is 8.25. The molecule has 0 spiro atoms. The molecule has 0 saturated carbocycles. The second-order valence-corrected chi connectivity index (χ2v) is 0.224. The van der Waals surface area contributed by atoms with Gasteiger partial charge < -0.3 is 15.3 Å². The van der Waals surface area contributed by atoms with Gasteiger partial charge in [-0.1, -0.05) is 0 Å². The summed E-state index contributed by atoms with van der Waals surface area (Å²) < 4.78 is 0. The Morgan fingerprint density at radius 2 is 1.40 bits per heavy atom. The summed E-state index contributed by atoms with van der Waals surface area (Å²) in [5, 5.41) is 14.8. The Morgan fingerprint density at radius 1 is 1.40 bits per heavy atom. The molecule has 4 nitrogen and oxygen atoms in total. The average Bonchev–Trinajstić information content (AvgIpc) is 0.811. The fraction of sp³-hybridized carbons (Fsp3) is 0. The fourth-order valence-electron chi connectivity index (χ4n) is 0. The minimum atomic E-state index is -1.75. The predicted octanol–water partition coefficient (Wildman–Crippen LogP) is -1.69. The predicted molar refractivity (Wildman–Crippen MR) is 21.7 cm³/mol. The van der Waals surface area contributed by atoms with Crippen molar-refractivity contribution in [3.63, 3.8) is 0 Å². The van der Waals surface area contributed by atoms with Crippen LogP contribution in [0, 0.1) is 15.3 Å². The van der Waals surface area contributed by atoms with Gasteiger partial charge in [0.2, 0.25) is 0 Å². The van der Waals surface area contributed by atoms with Gasteiger partial charge in [-0.25, -0.2) is 0 Å². The van der Waals surface area contributed by atoms with E-state index in [1.807, 2.05) is 0 Å². The van der Waals surface area contributed by atoms with Gasteiger partial charge in [-0.2, -0.15) is 0 Å². The second-order valence-electron chi connectivity index (χ2n) is 0.224. The van der Waals surface area contributed by atoms with Crippen molar-refractivity contribution in [1.82, 2.24) is 0 Å². The molecule has 0 aromatic heterocycles. The van der Waals surface area contributed by atoms with Gasteiger partial charge >= 0.3 is 27.3 Å². The molecular weight excluding hydrogens is 269 g/mol. The van der Waals surface area contributed by atoms with E-state index in [4.69, 9.17) is 15.3 Å². The molecule has 0 N–H and O–H groups in total. The van der Waals surface area contributed by atoms with Crippen LogP contribution < -0.4 is 0 Å². The van der Waals surface area contributed by atoms with Gasteiger partial charge in [0.15, 0.2) is 0 Å². The van der Waals surface area contributed by atoms with Gasteiger partial charge in [-0.05, 0) is 0 Å². The van der Waals surface area contributed by atoms with Crippen LogP contribution >= 0.6 is 0 Å². The van der Waals surface area contributed by atoms with Crippen molar-refractivity contribution >= 4 is 27.3 Å². The molecular formula is H4NO3Pb-. The fourth-order valence-corrected chi connectivity index (χ4v) is 0. The van der Waals surface area contributed by atoms with Crippen molar-refractivity contribution in [2.75, 3.05) is 0 Å². The topological polar surface area (TPSA) is 66.2 Å². The summed E-state index contributed by atoms with van der Waals surface area (Å²) in [7, 11) is 0. The molecule has 0 rings (SSSR count). The van der Waals surface area contributed by atoms with Crippen LogP contribution in [0.4, 0.5) is 0 Å². The molecule has 0 aliphatic rings. The van der Waals surface area contributed by atoms with E-state index in [-0.39, 0.29) is 27.3 Å². The Kier molecular flexibility index (Phi) is 7.36. The zero-order chi connectivity index (χ0) is 3.58. The molecule has 0 aromatic rings. The van der Waals surface area contributed by atoms with E-state index in [1.165, 1.54) is 0 Å². The summed E-state index contributed by atoms with van der Waals surface area (Å²) in [5.74, 6) is 0. The molecule has 5 heavy (non-hydrogen) atoms. The molecule has 0 saturated heterocycles. The second kappa shape index (κ2) is 4.12. The molecule has 0 amide bonds. The van der Waals surface area contributed by atoms with Gasteiger partial charge in [-0.15, -0.1) is 0 Å². The van der Waals surface area contributed by atoms with E-state index in [0.29, 0.717) is 0 Å². The molecule has 0 bridgehead atoms. The first-order valence-electron chi connectivity index (χ1n) is 0.548. The summed E-state index contributed by atoms with van der Waals surface area (Å²) in [5.41, 5.74) is 0. The van der Waals surface area contributed by atoms with Crippen LogP contribution in [0.25, 0.3) is 0 Å². The molecule has 5 heteroatoms. The molecule has 0 aromatic carbocycles. The molecule has 0 unspecified atom stereocenters. The van der Waals surface area contributed by atoms with Crippen molar-refractivity contribution in [3.8, 4) is 0 Å². The summed E-state index contributed by atoms with van der Waals surface area (Å²) in [6.07, 6.45) is 0. The Bertz CT molecular complexity index is 29.9. The first kappa shape index (κ1) is 8.93. The Labute approximate surface area is 48.1 Å². The van der Waals surface area contributed by atoms with Crippen molar-refractivity contribution < 1.29 is 5.09 Å². The van der Waals surface area contributed by atoms with Gasteiger partial charge in [0.05, 0.1) is 5.09 Å². The third-order valence-electron chi connectivity index (χ3n) is 0. The van der Waals surface area contributed by atoms with Crippen LogP contribution in [0.2, 0.25) is 0 Å². The van der Waals surface area contributed by atoms with Crippen molar-refractivity contribution in [1.29, 1.82) is 0 Å². The van der Waals surface area contributed by atoms with Crippen LogP contribution in [-0.2, 0) is 0 Å². The number of hydrogen-bond acceptors (Lipinski definition) is 3. The zero-order valence-electron chi connectivity index (χ0n) is 1.67. The van der Waals surface area contributed by atoms with Crippen LogP contribution in [0.3, 0.4) is 0 Å². The van der Waals surface area contributed by atoms with Gasteiger partial charge in [0.1, 0.15) is 0 Å². The van der Waals surface area contributed by atoms with Crippen LogP contribution in [0.1, 0.15) is 0 Å². The number of hydrogen-bond donors (Lipinski definition) is 0. The standard InChI is InChI=1S/NO3.Pb.4H/c2-1(3)4;;;;;/q-1;;;;;. The van der Waals surface area contributed by atoms with E-state index in [9.17, 15) is 0 Å². The molecule has 0 fully saturated rings. The van der Waals surface area contributed by atoms with Crippen molar-refractivity contribution in [2.24, 2.45) is 0 Å². The third kappa shape index (κ3) is 1250. The van der Waals surface area contributed by atoms with Crippen LogP contribution in [0.5, 0.6) is 0 Å². The van der Waals surface area contributed by atoms with Gasteiger partial charge in [0.25, 0.3) is 0 Å². The SMILES string of the molecule is O=[N+]([O-])[O-].[PbH4]. The molecule has 0 radical (unpaired) electrons. The normalized spacial score (nSPS) is 4.80. The van der Waals surface area contributed by atoms with E-state index in [2.05, 4.69) is 0 Å². The molecule has 0 atom stereocenters. The summed E-state index contributed by atoms with van der Waals surface area (Å²) in [6, 6.07) is 0. The Morgan fingerprint density at radius 3 is 1.40 bits per heavy atom.